The molecule has 0 radical (unpaired) electrons. The molecule has 0 fully saturated rings. The Kier molecular flexibility index (Phi) is 5.09. The molecule has 0 unspecified atom stereocenters. The first-order valence-corrected chi connectivity index (χ1v) is 7.65. The maximum absolute atomic E-state index is 14.4. The maximum atomic E-state index is 14.4. The molecule has 1 aromatic heterocycles. The molecular formula is C20H14F2N2O2. The Morgan fingerprint density at radius 3 is 2.31 bits per heavy atom. The van der Waals surface area contributed by atoms with Crippen molar-refractivity contribution in [1.29, 1.82) is 0 Å². The topological polar surface area (TPSA) is 44.2 Å². The molecule has 130 valence electrons. The molecule has 0 aliphatic carbocycles. The van der Waals surface area contributed by atoms with Crippen LogP contribution in [0.15, 0.2) is 48.8 Å². The third-order valence-electron chi connectivity index (χ3n) is 3.66. The van der Waals surface area contributed by atoms with E-state index in [1.165, 1.54) is 24.5 Å². The molecule has 0 saturated heterocycles. The molecule has 0 N–H and O–H groups in total. The van der Waals surface area contributed by atoms with Crippen molar-refractivity contribution in [1.82, 2.24) is 9.97 Å². The van der Waals surface area contributed by atoms with Gasteiger partial charge in [-0.2, -0.15) is 4.39 Å². The van der Waals surface area contributed by atoms with Crippen LogP contribution in [0.25, 0.3) is 11.4 Å². The van der Waals surface area contributed by atoms with E-state index in [2.05, 4.69) is 15.9 Å². The second kappa shape index (κ2) is 7.62. The van der Waals surface area contributed by atoms with Crippen LogP contribution < -0.4 is 9.47 Å². The lowest BCUT2D eigenvalue weighted by molar-refractivity contribution is 0.284. The van der Waals surface area contributed by atoms with E-state index in [1.54, 1.807) is 31.4 Å². The van der Waals surface area contributed by atoms with Gasteiger partial charge in [-0.05, 0) is 29.8 Å². The molecule has 0 spiro atoms. The third-order valence-corrected chi connectivity index (χ3v) is 3.66. The zero-order chi connectivity index (χ0) is 18.5. The summed E-state index contributed by atoms with van der Waals surface area (Å²) in [6.07, 6.45) is 7.96. The molecule has 2 aromatic carbocycles. The molecule has 0 atom stereocenters. The van der Waals surface area contributed by atoms with Crippen LogP contribution in [0.3, 0.4) is 0 Å². The number of aromatic nitrogens is 2. The number of terminal acetylenes is 1. The van der Waals surface area contributed by atoms with Crippen molar-refractivity contribution in [3.8, 4) is 35.2 Å². The average molecular weight is 352 g/mol. The van der Waals surface area contributed by atoms with Crippen molar-refractivity contribution < 1.29 is 18.3 Å². The fourth-order valence-corrected chi connectivity index (χ4v) is 2.24. The lowest BCUT2D eigenvalue weighted by atomic mass is 10.1. The number of nitrogens with zero attached hydrogens (tertiary/aromatic N) is 2. The third kappa shape index (κ3) is 3.62. The zero-order valence-corrected chi connectivity index (χ0v) is 13.9. The van der Waals surface area contributed by atoms with Crippen LogP contribution in [-0.4, -0.2) is 17.1 Å². The van der Waals surface area contributed by atoms with Crippen molar-refractivity contribution in [2.75, 3.05) is 7.11 Å². The van der Waals surface area contributed by atoms with Gasteiger partial charge in [-0.15, -0.1) is 6.42 Å². The van der Waals surface area contributed by atoms with Crippen molar-refractivity contribution in [3.63, 3.8) is 0 Å². The number of hydrogen-bond donors (Lipinski definition) is 0. The zero-order valence-electron chi connectivity index (χ0n) is 13.9. The van der Waals surface area contributed by atoms with Gasteiger partial charge < -0.3 is 9.47 Å². The lowest BCUT2D eigenvalue weighted by Crippen LogP contribution is -2.01. The van der Waals surface area contributed by atoms with Gasteiger partial charge in [-0.3, -0.25) is 0 Å². The predicted molar refractivity (Wildman–Crippen MR) is 92.6 cm³/mol. The molecular weight excluding hydrogens is 338 g/mol. The van der Waals surface area contributed by atoms with Crippen molar-refractivity contribution >= 4 is 0 Å². The highest BCUT2D eigenvalue weighted by molar-refractivity contribution is 5.58. The highest BCUT2D eigenvalue weighted by Gasteiger charge is 2.17. The van der Waals surface area contributed by atoms with Crippen LogP contribution in [0.2, 0.25) is 0 Å². The minimum atomic E-state index is -1.10. The minimum absolute atomic E-state index is 0.0436. The van der Waals surface area contributed by atoms with E-state index in [0.717, 1.165) is 5.56 Å². The van der Waals surface area contributed by atoms with E-state index in [1.807, 2.05) is 0 Å². The molecule has 3 aromatic rings. The van der Waals surface area contributed by atoms with Gasteiger partial charge in [0.05, 0.1) is 18.2 Å². The normalized spacial score (nSPS) is 10.2. The number of benzene rings is 2. The Hall–Kier alpha value is -3.46. The van der Waals surface area contributed by atoms with Crippen LogP contribution in [0, 0.1) is 24.0 Å². The van der Waals surface area contributed by atoms with Crippen molar-refractivity contribution in [3.05, 3.63) is 71.6 Å². The van der Waals surface area contributed by atoms with E-state index in [-0.39, 0.29) is 23.7 Å². The number of methoxy groups -OCH3 is 1. The summed E-state index contributed by atoms with van der Waals surface area (Å²) < 4.78 is 39.1. The van der Waals surface area contributed by atoms with Crippen molar-refractivity contribution in [2.24, 2.45) is 0 Å². The second-order valence-electron chi connectivity index (χ2n) is 5.32. The largest absolute Gasteiger partial charge is 0.497 e. The number of halogens is 2. The van der Waals surface area contributed by atoms with E-state index < -0.39 is 11.6 Å². The summed E-state index contributed by atoms with van der Waals surface area (Å²) >= 11 is 0. The van der Waals surface area contributed by atoms with E-state index in [0.29, 0.717) is 11.3 Å². The highest BCUT2D eigenvalue weighted by Crippen LogP contribution is 2.28. The first-order chi connectivity index (χ1) is 12.6. The van der Waals surface area contributed by atoms with Gasteiger partial charge in [0.25, 0.3) is 0 Å². The molecule has 0 aliphatic rings. The van der Waals surface area contributed by atoms with Crippen LogP contribution in [-0.2, 0) is 6.61 Å². The molecule has 4 nitrogen and oxygen atoms in total. The van der Waals surface area contributed by atoms with Crippen LogP contribution in [0.4, 0.5) is 8.78 Å². The highest BCUT2D eigenvalue weighted by atomic mass is 19.2. The Bertz CT molecular complexity index is 949. The van der Waals surface area contributed by atoms with Gasteiger partial charge >= 0.3 is 0 Å². The summed E-state index contributed by atoms with van der Waals surface area (Å²) in [7, 11) is 1.56. The first kappa shape index (κ1) is 17.4. The quantitative estimate of drug-likeness (QED) is 0.651. The van der Waals surface area contributed by atoms with Crippen LogP contribution in [0.5, 0.6) is 11.5 Å². The standard InChI is InChI=1S/C20H14F2N2O2/c1-3-13-10-23-20(24-11-13)16-8-9-17(19(22)18(16)21)26-12-14-4-6-15(25-2)7-5-14/h1,4-11H,12H2,2H3. The summed E-state index contributed by atoms with van der Waals surface area (Å²) in [5.41, 5.74) is 1.18. The van der Waals surface area contributed by atoms with Crippen molar-refractivity contribution in [2.45, 2.75) is 6.61 Å². The molecule has 6 heteroatoms. The molecule has 3 rings (SSSR count). The fraction of sp³-hybridized carbons (Fsp3) is 0.100. The van der Waals surface area contributed by atoms with E-state index in [9.17, 15) is 8.78 Å². The molecule has 0 aliphatic heterocycles. The monoisotopic (exact) mass is 352 g/mol. The Balaban J connectivity index is 1.79. The SMILES string of the molecule is C#Cc1cnc(-c2ccc(OCc3ccc(OC)cc3)c(F)c2F)nc1. The summed E-state index contributed by atoms with van der Waals surface area (Å²) in [4.78, 5) is 7.90. The molecule has 0 bridgehead atoms. The number of rotatable bonds is 5. The minimum Gasteiger partial charge on any atom is -0.497 e. The maximum Gasteiger partial charge on any atom is 0.201 e. The van der Waals surface area contributed by atoms with E-state index in [4.69, 9.17) is 15.9 Å². The summed E-state index contributed by atoms with van der Waals surface area (Å²) in [5.74, 6) is 0.736. The molecule has 1 heterocycles. The summed E-state index contributed by atoms with van der Waals surface area (Å²) in [5, 5.41) is 0. The molecule has 0 saturated carbocycles. The Morgan fingerprint density at radius 2 is 1.69 bits per heavy atom. The van der Waals surface area contributed by atoms with E-state index >= 15 is 0 Å². The Labute approximate surface area is 149 Å². The molecule has 0 amide bonds. The van der Waals surface area contributed by atoms with Gasteiger partial charge in [0.1, 0.15) is 12.4 Å². The predicted octanol–water partition coefficient (Wildman–Crippen LogP) is 3.99. The summed E-state index contributed by atoms with van der Waals surface area (Å²) in [6, 6.07) is 9.79. The van der Waals surface area contributed by atoms with Gasteiger partial charge in [0, 0.05) is 12.4 Å². The van der Waals surface area contributed by atoms with Gasteiger partial charge in [0.2, 0.25) is 5.82 Å². The first-order valence-electron chi connectivity index (χ1n) is 7.65. The number of hydrogen-bond acceptors (Lipinski definition) is 4. The second-order valence-corrected chi connectivity index (χ2v) is 5.32. The Morgan fingerprint density at radius 1 is 1.00 bits per heavy atom. The van der Waals surface area contributed by atoms with Gasteiger partial charge in [-0.25, -0.2) is 14.4 Å². The van der Waals surface area contributed by atoms with Gasteiger partial charge in [0.15, 0.2) is 17.4 Å². The van der Waals surface area contributed by atoms with Crippen LogP contribution in [0.1, 0.15) is 11.1 Å². The summed E-state index contributed by atoms with van der Waals surface area (Å²) in [6.45, 7) is 0.0903. The number of ether oxygens (including phenoxy) is 2. The fourth-order valence-electron chi connectivity index (χ4n) is 2.24. The smallest absolute Gasteiger partial charge is 0.201 e. The van der Waals surface area contributed by atoms with Gasteiger partial charge in [-0.1, -0.05) is 18.1 Å². The molecule has 26 heavy (non-hydrogen) atoms. The lowest BCUT2D eigenvalue weighted by Gasteiger charge is -2.10. The van der Waals surface area contributed by atoms with Crippen LogP contribution >= 0.6 is 0 Å². The average Bonchev–Trinajstić information content (AvgIpc) is 2.69.